The van der Waals surface area contributed by atoms with Crippen molar-refractivity contribution < 1.29 is 24.8 Å². The van der Waals surface area contributed by atoms with Gasteiger partial charge < -0.3 is 24.8 Å². The van der Waals surface area contributed by atoms with E-state index in [0.717, 1.165) is 0 Å². The van der Waals surface area contributed by atoms with Gasteiger partial charge in [-0.15, -0.1) is 0 Å². The van der Waals surface area contributed by atoms with Crippen LogP contribution in [-0.2, 0) is 0 Å². The molecule has 0 aliphatic carbocycles. The summed E-state index contributed by atoms with van der Waals surface area (Å²) in [6.07, 6.45) is 0. The summed E-state index contributed by atoms with van der Waals surface area (Å²) in [5.74, 6) is 0. The Labute approximate surface area is 85.3 Å². The van der Waals surface area contributed by atoms with Crippen LogP contribution in [0, 0.1) is 6.07 Å². The molecular formula is C6H5Cl2Sb-2. The first-order chi connectivity index (χ1) is 3.00. The molecule has 0 aromatic heterocycles. The van der Waals surface area contributed by atoms with E-state index in [0.29, 0.717) is 0 Å². The molecule has 0 saturated heterocycles. The largest absolute Gasteiger partial charge is 1.00 e. The third-order valence-corrected chi connectivity index (χ3v) is 0.607. The molecule has 0 fully saturated rings. The number of benzene rings is 1. The van der Waals surface area contributed by atoms with Crippen LogP contribution < -0.4 is 24.8 Å². The van der Waals surface area contributed by atoms with E-state index in [1.54, 1.807) is 0 Å². The minimum Gasteiger partial charge on any atom is -1.00 e. The summed E-state index contributed by atoms with van der Waals surface area (Å²) in [6.45, 7) is 0. The Kier molecular flexibility index (Phi) is 20.7. The van der Waals surface area contributed by atoms with Crippen molar-refractivity contribution in [2.45, 2.75) is 0 Å². The van der Waals surface area contributed by atoms with Gasteiger partial charge in [-0.1, -0.05) is 30.3 Å². The summed E-state index contributed by atoms with van der Waals surface area (Å²) >= 11 is 0. The zero-order valence-electron chi connectivity index (χ0n) is 4.59. The van der Waals surface area contributed by atoms with Crippen LogP contribution in [-0.4, -0.2) is 24.4 Å². The predicted molar refractivity (Wildman–Crippen MR) is 31.0 cm³/mol. The van der Waals surface area contributed by atoms with Crippen molar-refractivity contribution in [3.63, 3.8) is 0 Å². The predicted octanol–water partition coefficient (Wildman–Crippen LogP) is -4.89. The molecule has 0 aliphatic heterocycles. The smallest absolute Gasteiger partial charge is 0 e. The van der Waals surface area contributed by atoms with E-state index in [9.17, 15) is 0 Å². The number of halogens is 2. The average Bonchev–Trinajstić information content (AvgIpc) is 1.72. The molecule has 4 radical (unpaired) electrons. The molecule has 0 unspecified atom stereocenters. The van der Waals surface area contributed by atoms with E-state index in [-0.39, 0.29) is 49.2 Å². The first-order valence-corrected chi connectivity index (χ1v) is 1.91. The van der Waals surface area contributed by atoms with E-state index >= 15 is 0 Å². The maximum Gasteiger partial charge on any atom is 0 e. The Balaban J connectivity index is -0.000000120. The molecule has 1 aromatic carbocycles. The molecule has 0 saturated carbocycles. The van der Waals surface area contributed by atoms with E-state index in [1.807, 2.05) is 30.3 Å². The van der Waals surface area contributed by atoms with Crippen LogP contribution in [0.15, 0.2) is 30.3 Å². The molecular weight excluding hydrogens is 265 g/mol. The fourth-order valence-corrected chi connectivity index (χ4v) is 0.342. The van der Waals surface area contributed by atoms with Crippen LogP contribution in [0.1, 0.15) is 0 Å². The fraction of sp³-hybridized carbons (Fsp3) is 0. The zero-order valence-corrected chi connectivity index (χ0v) is 8.65. The van der Waals surface area contributed by atoms with Crippen LogP contribution in [0.25, 0.3) is 0 Å². The van der Waals surface area contributed by atoms with Crippen molar-refractivity contribution in [2.75, 3.05) is 0 Å². The Morgan fingerprint density at radius 2 is 1.22 bits per heavy atom. The van der Waals surface area contributed by atoms with Crippen LogP contribution in [0.3, 0.4) is 0 Å². The Hall–Kier alpha value is 0.618. The van der Waals surface area contributed by atoms with Crippen LogP contribution in [0.5, 0.6) is 0 Å². The number of hydrogen-bond donors (Lipinski definition) is 0. The molecule has 0 N–H and O–H groups in total. The average molecular weight is 270 g/mol. The van der Waals surface area contributed by atoms with Crippen LogP contribution in [0.2, 0.25) is 0 Å². The quantitative estimate of drug-likeness (QED) is 0.415. The normalized spacial score (nSPS) is 5.33. The third kappa shape index (κ3) is 8.62. The number of rotatable bonds is 0. The zero-order chi connectivity index (χ0) is 4.24. The topological polar surface area (TPSA) is 0 Å². The monoisotopic (exact) mass is 268 g/mol. The van der Waals surface area contributed by atoms with E-state index in [1.165, 1.54) is 0 Å². The summed E-state index contributed by atoms with van der Waals surface area (Å²) in [5, 5.41) is 0. The van der Waals surface area contributed by atoms with Gasteiger partial charge in [-0.3, -0.25) is 0 Å². The van der Waals surface area contributed by atoms with Crippen molar-refractivity contribution in [2.24, 2.45) is 0 Å². The molecule has 0 spiro atoms. The Morgan fingerprint density at radius 1 is 0.778 bits per heavy atom. The molecule has 0 bridgehead atoms. The molecule has 0 amide bonds. The summed E-state index contributed by atoms with van der Waals surface area (Å²) in [7, 11) is 0. The van der Waals surface area contributed by atoms with Gasteiger partial charge in [0.15, 0.2) is 0 Å². The van der Waals surface area contributed by atoms with Crippen LogP contribution in [0.4, 0.5) is 0 Å². The second-order valence-electron chi connectivity index (χ2n) is 1.08. The van der Waals surface area contributed by atoms with Crippen molar-refractivity contribution in [1.29, 1.82) is 0 Å². The van der Waals surface area contributed by atoms with Gasteiger partial charge in [0.2, 0.25) is 0 Å². The van der Waals surface area contributed by atoms with Gasteiger partial charge in [0.25, 0.3) is 0 Å². The van der Waals surface area contributed by atoms with Crippen molar-refractivity contribution in [3.8, 4) is 0 Å². The molecule has 1 rings (SSSR count). The molecule has 50 valence electrons. The van der Waals surface area contributed by atoms with Gasteiger partial charge in [-0.25, -0.2) is 0 Å². The van der Waals surface area contributed by atoms with Gasteiger partial charge in [0.05, 0.1) is 0 Å². The van der Waals surface area contributed by atoms with Gasteiger partial charge >= 0.3 is 0 Å². The van der Waals surface area contributed by atoms with E-state index in [4.69, 9.17) is 0 Å². The maximum atomic E-state index is 2.89. The van der Waals surface area contributed by atoms with Crippen molar-refractivity contribution in [1.82, 2.24) is 0 Å². The standard InChI is InChI=1S/C6H5.2ClH.Sb/c1-2-4-6-5-3-1;;;/h1-5H;2*1H;/p-2. The minimum absolute atomic E-state index is 0. The number of hydrogen-bond acceptors (Lipinski definition) is 0. The van der Waals surface area contributed by atoms with Gasteiger partial charge in [-0.05, 0) is 6.07 Å². The van der Waals surface area contributed by atoms with E-state index < -0.39 is 0 Å². The van der Waals surface area contributed by atoms with Crippen LogP contribution >= 0.6 is 0 Å². The molecule has 1 aromatic rings. The van der Waals surface area contributed by atoms with Crippen molar-refractivity contribution in [3.05, 3.63) is 36.4 Å². The second-order valence-corrected chi connectivity index (χ2v) is 1.08. The first kappa shape index (κ1) is 16.3. The fourth-order valence-electron chi connectivity index (χ4n) is 0.342. The molecule has 3 heteroatoms. The van der Waals surface area contributed by atoms with Gasteiger partial charge in [-0.2, -0.15) is 0 Å². The molecule has 0 heterocycles. The second kappa shape index (κ2) is 11.4. The van der Waals surface area contributed by atoms with E-state index in [2.05, 4.69) is 6.07 Å². The molecule has 0 aliphatic rings. The minimum atomic E-state index is 0. The Bertz CT molecular complexity index is 83.0. The first-order valence-electron chi connectivity index (χ1n) is 1.91. The van der Waals surface area contributed by atoms with Crippen molar-refractivity contribution >= 4 is 24.4 Å². The SMILES string of the molecule is [Cl-].[Cl-].[Sb].[c]1ccccc1. The third-order valence-electron chi connectivity index (χ3n) is 0.607. The van der Waals surface area contributed by atoms with Gasteiger partial charge in [0, 0.05) is 24.4 Å². The summed E-state index contributed by atoms with van der Waals surface area (Å²) in [4.78, 5) is 0. The molecule has 0 atom stereocenters. The molecule has 9 heavy (non-hydrogen) atoms. The molecule has 0 nitrogen and oxygen atoms in total. The summed E-state index contributed by atoms with van der Waals surface area (Å²) < 4.78 is 0. The Morgan fingerprint density at radius 3 is 1.33 bits per heavy atom. The summed E-state index contributed by atoms with van der Waals surface area (Å²) in [5.41, 5.74) is 0. The van der Waals surface area contributed by atoms with Gasteiger partial charge in [0.1, 0.15) is 0 Å². The maximum absolute atomic E-state index is 2.89. The summed E-state index contributed by atoms with van der Waals surface area (Å²) in [6, 6.07) is 12.5.